The molecular formula is C13H15BrFN3O2. The third-order valence-corrected chi connectivity index (χ3v) is 4.08. The van der Waals surface area contributed by atoms with Crippen molar-refractivity contribution in [2.45, 2.75) is 12.8 Å². The van der Waals surface area contributed by atoms with E-state index in [-0.39, 0.29) is 29.6 Å². The maximum atomic E-state index is 13.3. The number of carbonyl (C=O) groups excluding carboxylic acids is 2. The predicted octanol–water partition coefficient (Wildman–Crippen LogP) is 1.51. The van der Waals surface area contributed by atoms with Crippen LogP contribution >= 0.6 is 15.9 Å². The van der Waals surface area contributed by atoms with Crippen molar-refractivity contribution in [1.82, 2.24) is 4.90 Å². The number of rotatable bonds is 2. The van der Waals surface area contributed by atoms with Gasteiger partial charge in [0.25, 0.3) is 5.91 Å². The Balaban J connectivity index is 2.23. The smallest absolute Gasteiger partial charge is 0.255 e. The second kappa shape index (κ2) is 5.78. The summed E-state index contributed by atoms with van der Waals surface area (Å²) in [6.07, 6.45) is 1.40. The number of nitrogens with two attached hydrogens (primary N) is 2. The van der Waals surface area contributed by atoms with Gasteiger partial charge in [-0.1, -0.05) is 0 Å². The van der Waals surface area contributed by atoms with Crippen molar-refractivity contribution in [2.24, 2.45) is 11.7 Å². The zero-order valence-electron chi connectivity index (χ0n) is 10.7. The molecule has 1 fully saturated rings. The van der Waals surface area contributed by atoms with Crippen molar-refractivity contribution < 1.29 is 14.0 Å². The number of carbonyl (C=O) groups is 2. The molecule has 1 aromatic rings. The van der Waals surface area contributed by atoms with Crippen molar-refractivity contribution in [3.05, 3.63) is 28.0 Å². The van der Waals surface area contributed by atoms with Gasteiger partial charge in [0, 0.05) is 17.6 Å². The molecule has 1 saturated heterocycles. The van der Waals surface area contributed by atoms with Gasteiger partial charge >= 0.3 is 0 Å². The van der Waals surface area contributed by atoms with E-state index in [2.05, 4.69) is 15.9 Å². The number of likely N-dealkylation sites (tertiary alicyclic amines) is 1. The Kier molecular flexibility index (Phi) is 4.27. The van der Waals surface area contributed by atoms with Gasteiger partial charge in [-0.2, -0.15) is 0 Å². The van der Waals surface area contributed by atoms with Gasteiger partial charge in [-0.05, 0) is 40.9 Å². The number of hydrogen-bond acceptors (Lipinski definition) is 3. The van der Waals surface area contributed by atoms with E-state index in [0.29, 0.717) is 23.9 Å². The van der Waals surface area contributed by atoms with Gasteiger partial charge in [-0.15, -0.1) is 0 Å². The lowest BCUT2D eigenvalue weighted by molar-refractivity contribution is -0.123. The fourth-order valence-corrected chi connectivity index (χ4v) is 2.78. The second-order valence-electron chi connectivity index (χ2n) is 4.85. The van der Waals surface area contributed by atoms with Crippen molar-refractivity contribution in [2.75, 3.05) is 18.8 Å². The summed E-state index contributed by atoms with van der Waals surface area (Å²) in [7, 11) is 0. The first-order valence-corrected chi connectivity index (χ1v) is 7.02. The van der Waals surface area contributed by atoms with Crippen LogP contribution in [0.1, 0.15) is 23.2 Å². The molecule has 7 heteroatoms. The number of primary amides is 1. The largest absolute Gasteiger partial charge is 0.396 e. The van der Waals surface area contributed by atoms with Gasteiger partial charge in [0.1, 0.15) is 5.82 Å². The Bertz CT molecular complexity index is 565. The van der Waals surface area contributed by atoms with Gasteiger partial charge in [0.2, 0.25) is 5.91 Å². The number of anilines is 1. The number of amides is 2. The Morgan fingerprint density at radius 1 is 1.40 bits per heavy atom. The molecule has 108 valence electrons. The van der Waals surface area contributed by atoms with E-state index in [9.17, 15) is 14.0 Å². The summed E-state index contributed by atoms with van der Waals surface area (Å²) in [5.74, 6) is -1.60. The zero-order chi connectivity index (χ0) is 14.9. The SMILES string of the molecule is NC(=O)C1CCCN(C(=O)c2cc(N)c(F)cc2Br)C1. The summed E-state index contributed by atoms with van der Waals surface area (Å²) < 4.78 is 13.6. The van der Waals surface area contributed by atoms with E-state index in [4.69, 9.17) is 11.5 Å². The molecule has 4 N–H and O–H groups in total. The molecule has 1 atom stereocenters. The molecule has 0 aliphatic carbocycles. The Morgan fingerprint density at radius 3 is 2.75 bits per heavy atom. The van der Waals surface area contributed by atoms with E-state index >= 15 is 0 Å². The first-order chi connectivity index (χ1) is 9.40. The standard InChI is InChI=1S/C13H15BrFN3O2/c14-9-5-10(15)11(16)4-8(9)13(20)18-3-1-2-7(6-18)12(17)19/h4-5,7H,1-3,6,16H2,(H2,17,19). The minimum Gasteiger partial charge on any atom is -0.396 e. The van der Waals surface area contributed by atoms with E-state index in [1.165, 1.54) is 6.07 Å². The van der Waals surface area contributed by atoms with Crippen molar-refractivity contribution in [3.63, 3.8) is 0 Å². The van der Waals surface area contributed by atoms with E-state index in [1.54, 1.807) is 4.90 Å². The number of nitrogen functional groups attached to an aromatic ring is 1. The fourth-order valence-electron chi connectivity index (χ4n) is 2.29. The summed E-state index contributed by atoms with van der Waals surface area (Å²) in [6.45, 7) is 0.838. The van der Waals surface area contributed by atoms with Gasteiger partial charge in [-0.3, -0.25) is 9.59 Å². The van der Waals surface area contributed by atoms with Crippen LogP contribution in [0.3, 0.4) is 0 Å². The van der Waals surface area contributed by atoms with Crippen molar-refractivity contribution in [1.29, 1.82) is 0 Å². The summed E-state index contributed by atoms with van der Waals surface area (Å²) >= 11 is 3.16. The lowest BCUT2D eigenvalue weighted by atomic mass is 9.97. The van der Waals surface area contributed by atoms with Crippen LogP contribution in [0, 0.1) is 11.7 Å². The molecule has 1 heterocycles. The van der Waals surface area contributed by atoms with E-state index in [1.807, 2.05) is 0 Å². The van der Waals surface area contributed by atoms with Crippen LogP contribution in [0.2, 0.25) is 0 Å². The number of piperidine rings is 1. The highest BCUT2D eigenvalue weighted by molar-refractivity contribution is 9.10. The molecule has 0 spiro atoms. The molecule has 0 aromatic heterocycles. The molecule has 2 amide bonds. The van der Waals surface area contributed by atoms with Gasteiger partial charge < -0.3 is 16.4 Å². The third-order valence-electron chi connectivity index (χ3n) is 3.43. The van der Waals surface area contributed by atoms with Crippen LogP contribution in [0.25, 0.3) is 0 Å². The molecule has 1 aliphatic rings. The molecule has 2 rings (SSSR count). The maximum absolute atomic E-state index is 13.3. The Hall–Kier alpha value is -1.63. The molecular weight excluding hydrogens is 329 g/mol. The molecule has 0 bridgehead atoms. The lowest BCUT2D eigenvalue weighted by Gasteiger charge is -2.31. The molecule has 1 aromatic carbocycles. The zero-order valence-corrected chi connectivity index (χ0v) is 12.3. The minimum absolute atomic E-state index is 0.0833. The van der Waals surface area contributed by atoms with Crippen LogP contribution in [0.4, 0.5) is 10.1 Å². The predicted molar refractivity (Wildman–Crippen MR) is 76.3 cm³/mol. The molecule has 0 radical (unpaired) electrons. The third kappa shape index (κ3) is 2.92. The molecule has 1 aliphatic heterocycles. The van der Waals surface area contributed by atoms with Gasteiger partial charge in [-0.25, -0.2) is 4.39 Å². The lowest BCUT2D eigenvalue weighted by Crippen LogP contribution is -2.44. The van der Waals surface area contributed by atoms with Crippen molar-refractivity contribution >= 4 is 33.4 Å². The first-order valence-electron chi connectivity index (χ1n) is 6.23. The second-order valence-corrected chi connectivity index (χ2v) is 5.70. The quantitative estimate of drug-likeness (QED) is 0.797. The number of halogens is 2. The Morgan fingerprint density at radius 2 is 2.10 bits per heavy atom. The van der Waals surface area contributed by atoms with Crippen LogP contribution in [0.5, 0.6) is 0 Å². The normalized spacial score (nSPS) is 18.9. The van der Waals surface area contributed by atoms with Gasteiger partial charge in [0.15, 0.2) is 0 Å². The average molecular weight is 344 g/mol. The minimum atomic E-state index is -0.581. The van der Waals surface area contributed by atoms with Crippen LogP contribution in [-0.4, -0.2) is 29.8 Å². The Labute approximate surface area is 124 Å². The topological polar surface area (TPSA) is 89.4 Å². The van der Waals surface area contributed by atoms with Crippen LogP contribution in [-0.2, 0) is 4.79 Å². The molecule has 1 unspecified atom stereocenters. The number of nitrogens with zero attached hydrogens (tertiary/aromatic N) is 1. The highest BCUT2D eigenvalue weighted by Gasteiger charge is 2.28. The fraction of sp³-hybridized carbons (Fsp3) is 0.385. The van der Waals surface area contributed by atoms with E-state index < -0.39 is 11.7 Å². The van der Waals surface area contributed by atoms with Crippen LogP contribution < -0.4 is 11.5 Å². The first kappa shape index (κ1) is 14.8. The summed E-state index contributed by atoms with van der Waals surface area (Å²) in [5.41, 5.74) is 11.0. The number of benzene rings is 1. The average Bonchev–Trinajstić information content (AvgIpc) is 2.42. The van der Waals surface area contributed by atoms with Gasteiger partial charge in [0.05, 0.1) is 17.2 Å². The summed E-state index contributed by atoms with van der Waals surface area (Å²) in [4.78, 5) is 25.2. The monoisotopic (exact) mass is 343 g/mol. The van der Waals surface area contributed by atoms with Crippen LogP contribution in [0.15, 0.2) is 16.6 Å². The molecule has 0 saturated carbocycles. The van der Waals surface area contributed by atoms with E-state index in [0.717, 1.165) is 6.07 Å². The summed E-state index contributed by atoms with van der Waals surface area (Å²) in [6, 6.07) is 2.47. The highest BCUT2D eigenvalue weighted by atomic mass is 79.9. The highest BCUT2D eigenvalue weighted by Crippen LogP contribution is 2.26. The number of hydrogen-bond donors (Lipinski definition) is 2. The molecule has 20 heavy (non-hydrogen) atoms. The maximum Gasteiger partial charge on any atom is 0.255 e. The van der Waals surface area contributed by atoms with Crippen molar-refractivity contribution in [3.8, 4) is 0 Å². The molecule has 5 nitrogen and oxygen atoms in total. The summed E-state index contributed by atoms with van der Waals surface area (Å²) in [5, 5.41) is 0.